The van der Waals surface area contributed by atoms with Crippen LogP contribution in [0.25, 0.3) is 11.3 Å². The Labute approximate surface area is 197 Å². The summed E-state index contributed by atoms with van der Waals surface area (Å²) in [5.74, 6) is 3.05. The summed E-state index contributed by atoms with van der Waals surface area (Å²) in [7, 11) is 0. The van der Waals surface area contributed by atoms with Crippen molar-refractivity contribution in [1.82, 2.24) is 15.2 Å². The number of carbonyl (C=O) groups excluding carboxylic acids is 1. The van der Waals surface area contributed by atoms with Crippen LogP contribution in [-0.2, 0) is 0 Å². The van der Waals surface area contributed by atoms with Crippen molar-refractivity contribution < 1.29 is 4.79 Å². The highest BCUT2D eigenvalue weighted by molar-refractivity contribution is 9.10. The summed E-state index contributed by atoms with van der Waals surface area (Å²) < 4.78 is 1.08. The van der Waals surface area contributed by atoms with E-state index in [0.29, 0.717) is 5.92 Å². The molecule has 2 heterocycles. The second kappa shape index (κ2) is 7.87. The maximum absolute atomic E-state index is 13.1. The Bertz CT molecular complexity index is 945. The summed E-state index contributed by atoms with van der Waals surface area (Å²) in [5.41, 5.74) is 2.32. The summed E-state index contributed by atoms with van der Waals surface area (Å²) in [6.07, 6.45) is 9.93. The van der Waals surface area contributed by atoms with Crippen LogP contribution in [0.15, 0.2) is 34.1 Å². The minimum Gasteiger partial charge on any atom is -0.333 e. The van der Waals surface area contributed by atoms with Crippen LogP contribution >= 0.6 is 27.3 Å². The number of likely N-dealkylation sites (tertiary alicyclic amines) is 1. The number of hydrogen-bond donors (Lipinski definition) is 1. The normalized spacial score (nSPS) is 32.4. The summed E-state index contributed by atoms with van der Waals surface area (Å²) in [4.78, 5) is 20.2. The van der Waals surface area contributed by atoms with Gasteiger partial charge in [0.15, 0.2) is 0 Å². The SMILES string of the molecule is O=C(NC12CC3CC(CC(C3)C1)C2)N1CCC(c2nc(-c3cccc(Br)c3)cs2)CC1. The summed E-state index contributed by atoms with van der Waals surface area (Å²) in [5, 5.41) is 6.94. The van der Waals surface area contributed by atoms with E-state index in [1.165, 1.54) is 43.5 Å². The number of aromatic nitrogens is 1. The Morgan fingerprint density at radius 2 is 1.77 bits per heavy atom. The molecule has 4 bridgehead atoms. The molecule has 5 fully saturated rings. The van der Waals surface area contributed by atoms with E-state index in [9.17, 15) is 4.79 Å². The lowest BCUT2D eigenvalue weighted by Gasteiger charge is -2.57. The first-order valence-electron chi connectivity index (χ1n) is 11.8. The third-order valence-corrected chi connectivity index (χ3v) is 9.68. The molecule has 2 amide bonds. The maximum Gasteiger partial charge on any atom is 0.317 e. The number of benzene rings is 1. The van der Waals surface area contributed by atoms with Gasteiger partial charge in [-0.25, -0.2) is 9.78 Å². The Kier molecular flexibility index (Phi) is 5.14. The van der Waals surface area contributed by atoms with Gasteiger partial charge in [0, 0.05) is 40.0 Å². The minimum atomic E-state index is 0.108. The van der Waals surface area contributed by atoms with Gasteiger partial charge in [0.25, 0.3) is 0 Å². The van der Waals surface area contributed by atoms with Crippen molar-refractivity contribution in [1.29, 1.82) is 0 Å². The molecule has 0 atom stereocenters. The molecule has 4 saturated carbocycles. The zero-order valence-electron chi connectivity index (χ0n) is 17.9. The number of hydrogen-bond acceptors (Lipinski definition) is 3. The second-order valence-electron chi connectivity index (χ2n) is 10.5. The molecule has 4 nitrogen and oxygen atoms in total. The van der Waals surface area contributed by atoms with Crippen LogP contribution in [0.5, 0.6) is 0 Å². The topological polar surface area (TPSA) is 45.2 Å². The first-order chi connectivity index (χ1) is 15.1. The van der Waals surface area contributed by atoms with E-state index >= 15 is 0 Å². The van der Waals surface area contributed by atoms with E-state index in [4.69, 9.17) is 4.98 Å². The van der Waals surface area contributed by atoms with Crippen molar-refractivity contribution in [2.45, 2.75) is 62.8 Å². The number of halogens is 1. The third kappa shape index (κ3) is 3.95. The van der Waals surface area contributed by atoms with Crippen LogP contribution in [0.1, 0.15) is 62.3 Å². The van der Waals surface area contributed by atoms with Crippen LogP contribution in [-0.4, -0.2) is 34.5 Å². The van der Waals surface area contributed by atoms with Gasteiger partial charge in [0.1, 0.15) is 0 Å². The van der Waals surface area contributed by atoms with Crippen molar-refractivity contribution in [3.05, 3.63) is 39.1 Å². The predicted molar refractivity (Wildman–Crippen MR) is 128 cm³/mol. The van der Waals surface area contributed by atoms with Gasteiger partial charge in [0.05, 0.1) is 10.7 Å². The van der Waals surface area contributed by atoms with Crippen molar-refractivity contribution in [2.24, 2.45) is 17.8 Å². The number of thiazole rings is 1. The van der Waals surface area contributed by atoms with Gasteiger partial charge in [-0.2, -0.15) is 0 Å². The fourth-order valence-electron chi connectivity index (χ4n) is 7.15. The molecule has 5 aliphatic rings. The van der Waals surface area contributed by atoms with Crippen molar-refractivity contribution >= 4 is 33.3 Å². The van der Waals surface area contributed by atoms with E-state index in [1.807, 2.05) is 6.07 Å². The number of amides is 2. The Balaban J connectivity index is 1.07. The monoisotopic (exact) mass is 499 g/mol. The molecule has 6 heteroatoms. The van der Waals surface area contributed by atoms with Gasteiger partial charge < -0.3 is 10.2 Å². The lowest BCUT2D eigenvalue weighted by atomic mass is 9.53. The zero-order chi connectivity index (χ0) is 21.0. The smallest absolute Gasteiger partial charge is 0.317 e. The van der Waals surface area contributed by atoms with E-state index < -0.39 is 0 Å². The van der Waals surface area contributed by atoms with Gasteiger partial charge in [-0.3, -0.25) is 0 Å². The molecule has 1 saturated heterocycles. The molecule has 1 aromatic heterocycles. The number of rotatable bonds is 3. The van der Waals surface area contributed by atoms with Crippen LogP contribution < -0.4 is 5.32 Å². The molecule has 2 aromatic rings. The molecule has 1 aliphatic heterocycles. The number of piperidine rings is 1. The molecule has 0 radical (unpaired) electrons. The molecule has 7 rings (SSSR count). The first-order valence-corrected chi connectivity index (χ1v) is 13.5. The van der Waals surface area contributed by atoms with Gasteiger partial charge in [-0.15, -0.1) is 11.3 Å². The van der Waals surface area contributed by atoms with E-state index in [1.54, 1.807) is 11.3 Å². The summed E-state index contributed by atoms with van der Waals surface area (Å²) in [6, 6.07) is 8.52. The molecule has 0 unspecified atom stereocenters. The Morgan fingerprint density at radius 3 is 2.42 bits per heavy atom. The molecular weight excluding hydrogens is 470 g/mol. The lowest BCUT2D eigenvalue weighted by Crippen LogP contribution is -2.62. The number of carbonyl (C=O) groups is 1. The van der Waals surface area contributed by atoms with Gasteiger partial charge in [-0.1, -0.05) is 28.1 Å². The standard InChI is InChI=1S/C25H30BrN3OS/c26-21-3-1-2-20(11-21)22-15-31-23(27-22)19-4-6-29(7-5-19)24(30)28-25-12-16-8-17(13-25)10-18(9-16)14-25/h1-3,11,15-19H,4-10,12-14H2,(H,28,30). The van der Waals surface area contributed by atoms with Gasteiger partial charge in [0.2, 0.25) is 0 Å². The maximum atomic E-state index is 13.1. The molecule has 1 aromatic carbocycles. The average molecular weight is 501 g/mol. The van der Waals surface area contributed by atoms with Crippen molar-refractivity contribution in [3.63, 3.8) is 0 Å². The molecule has 1 N–H and O–H groups in total. The Morgan fingerprint density at radius 1 is 1.10 bits per heavy atom. The number of urea groups is 1. The molecule has 164 valence electrons. The van der Waals surface area contributed by atoms with E-state index in [-0.39, 0.29) is 11.6 Å². The van der Waals surface area contributed by atoms with Crippen LogP contribution in [0, 0.1) is 17.8 Å². The molecule has 31 heavy (non-hydrogen) atoms. The number of nitrogens with zero attached hydrogens (tertiary/aromatic N) is 2. The quantitative estimate of drug-likeness (QED) is 0.528. The highest BCUT2D eigenvalue weighted by Gasteiger charge is 2.51. The lowest BCUT2D eigenvalue weighted by molar-refractivity contribution is -0.0160. The summed E-state index contributed by atoms with van der Waals surface area (Å²) in [6.45, 7) is 1.68. The zero-order valence-corrected chi connectivity index (χ0v) is 20.3. The fourth-order valence-corrected chi connectivity index (χ4v) is 8.55. The summed E-state index contributed by atoms with van der Waals surface area (Å²) >= 11 is 5.32. The highest BCUT2D eigenvalue weighted by Crippen LogP contribution is 2.55. The van der Waals surface area contributed by atoms with Crippen LogP contribution in [0.4, 0.5) is 4.79 Å². The van der Waals surface area contributed by atoms with Crippen LogP contribution in [0.2, 0.25) is 0 Å². The number of nitrogens with one attached hydrogen (secondary N) is 1. The van der Waals surface area contributed by atoms with Crippen LogP contribution in [0.3, 0.4) is 0 Å². The highest BCUT2D eigenvalue weighted by atomic mass is 79.9. The second-order valence-corrected chi connectivity index (χ2v) is 12.3. The van der Waals surface area contributed by atoms with E-state index in [0.717, 1.165) is 59.4 Å². The van der Waals surface area contributed by atoms with Gasteiger partial charge >= 0.3 is 6.03 Å². The molecular formula is C25H30BrN3OS. The fraction of sp³-hybridized carbons (Fsp3) is 0.600. The Hall–Kier alpha value is -1.40. The minimum absolute atomic E-state index is 0.108. The molecule has 4 aliphatic carbocycles. The largest absolute Gasteiger partial charge is 0.333 e. The average Bonchev–Trinajstić information content (AvgIpc) is 3.23. The first kappa shape index (κ1) is 20.2. The predicted octanol–water partition coefficient (Wildman–Crippen LogP) is 6.43. The molecule has 0 spiro atoms. The third-order valence-electron chi connectivity index (χ3n) is 8.18. The van der Waals surface area contributed by atoms with Crippen molar-refractivity contribution in [2.75, 3.05) is 13.1 Å². The van der Waals surface area contributed by atoms with Gasteiger partial charge in [-0.05, 0) is 81.3 Å². The van der Waals surface area contributed by atoms with E-state index in [2.05, 4.69) is 49.7 Å². The van der Waals surface area contributed by atoms with Crippen molar-refractivity contribution in [3.8, 4) is 11.3 Å².